The normalized spacial score (nSPS) is 12.4. The Morgan fingerprint density at radius 1 is 1.15 bits per heavy atom. The van der Waals surface area contributed by atoms with Crippen LogP contribution in [0.1, 0.15) is 36.8 Å². The Morgan fingerprint density at radius 2 is 1.80 bits per heavy atom. The van der Waals surface area contributed by atoms with Crippen LogP contribution < -0.4 is 5.32 Å². The molecule has 0 saturated carbocycles. The lowest BCUT2D eigenvalue weighted by Gasteiger charge is -2.16. The van der Waals surface area contributed by atoms with Crippen LogP contribution >= 0.6 is 11.8 Å². The van der Waals surface area contributed by atoms with Crippen molar-refractivity contribution in [2.24, 2.45) is 0 Å². The maximum Gasteiger partial charge on any atom is 0.192 e. The molecule has 1 aromatic heterocycles. The third-order valence-corrected chi connectivity index (χ3v) is 4.02. The second-order valence-corrected chi connectivity index (χ2v) is 5.86. The van der Waals surface area contributed by atoms with Crippen molar-refractivity contribution in [1.82, 2.24) is 15.3 Å². The first-order valence-electron chi connectivity index (χ1n) is 6.92. The van der Waals surface area contributed by atoms with E-state index in [-0.39, 0.29) is 0 Å². The minimum Gasteiger partial charge on any atom is -0.310 e. The van der Waals surface area contributed by atoms with Gasteiger partial charge in [-0.3, -0.25) is 0 Å². The van der Waals surface area contributed by atoms with Crippen LogP contribution in [0.3, 0.4) is 0 Å². The smallest absolute Gasteiger partial charge is 0.192 e. The van der Waals surface area contributed by atoms with Crippen LogP contribution in [0, 0.1) is 13.8 Å². The van der Waals surface area contributed by atoms with Gasteiger partial charge in [0.05, 0.1) is 0 Å². The standard InChI is InChI=1S/C16H21N3S/c1-5-17-13(4)14-8-6-7-9-15(14)20-16-18-11(2)10-12(3)19-16/h6-10,13,17H,5H2,1-4H3. The molecule has 1 N–H and O–H groups in total. The van der Waals surface area contributed by atoms with Gasteiger partial charge in [-0.05, 0) is 56.8 Å². The molecule has 0 saturated heterocycles. The summed E-state index contributed by atoms with van der Waals surface area (Å²) in [5.74, 6) is 0. The highest BCUT2D eigenvalue weighted by Crippen LogP contribution is 2.31. The summed E-state index contributed by atoms with van der Waals surface area (Å²) in [6.45, 7) is 9.28. The predicted octanol–water partition coefficient (Wildman–Crippen LogP) is 3.92. The third kappa shape index (κ3) is 3.81. The van der Waals surface area contributed by atoms with Gasteiger partial charge in [0, 0.05) is 22.3 Å². The topological polar surface area (TPSA) is 37.8 Å². The number of aryl methyl sites for hydroxylation is 2. The van der Waals surface area contributed by atoms with E-state index in [0.717, 1.165) is 23.1 Å². The van der Waals surface area contributed by atoms with E-state index in [4.69, 9.17) is 0 Å². The molecule has 0 amide bonds. The highest BCUT2D eigenvalue weighted by molar-refractivity contribution is 7.99. The van der Waals surface area contributed by atoms with Gasteiger partial charge in [-0.25, -0.2) is 9.97 Å². The molecule has 0 fully saturated rings. The fourth-order valence-corrected chi connectivity index (χ4v) is 3.27. The van der Waals surface area contributed by atoms with E-state index in [1.54, 1.807) is 11.8 Å². The average Bonchev–Trinajstić information content (AvgIpc) is 2.38. The summed E-state index contributed by atoms with van der Waals surface area (Å²) in [7, 11) is 0. The van der Waals surface area contributed by atoms with Crippen LogP contribution in [-0.4, -0.2) is 16.5 Å². The number of benzene rings is 1. The van der Waals surface area contributed by atoms with E-state index >= 15 is 0 Å². The molecule has 0 aliphatic heterocycles. The summed E-state index contributed by atoms with van der Waals surface area (Å²) in [5, 5.41) is 4.27. The molecular weight excluding hydrogens is 266 g/mol. The van der Waals surface area contributed by atoms with Gasteiger partial charge in [-0.1, -0.05) is 25.1 Å². The summed E-state index contributed by atoms with van der Waals surface area (Å²) in [5.41, 5.74) is 3.32. The molecule has 1 unspecified atom stereocenters. The number of aromatic nitrogens is 2. The SMILES string of the molecule is CCNC(C)c1ccccc1Sc1nc(C)cc(C)n1. The van der Waals surface area contributed by atoms with Gasteiger partial charge in [0.2, 0.25) is 0 Å². The first-order valence-corrected chi connectivity index (χ1v) is 7.74. The van der Waals surface area contributed by atoms with Gasteiger partial charge < -0.3 is 5.32 Å². The molecule has 3 nitrogen and oxygen atoms in total. The van der Waals surface area contributed by atoms with Gasteiger partial charge >= 0.3 is 0 Å². The van der Waals surface area contributed by atoms with Crippen molar-refractivity contribution < 1.29 is 0 Å². The zero-order valence-corrected chi connectivity index (χ0v) is 13.3. The first-order chi connectivity index (χ1) is 9.60. The van der Waals surface area contributed by atoms with Crippen LogP contribution in [-0.2, 0) is 0 Å². The minimum atomic E-state index is 0.328. The van der Waals surface area contributed by atoms with Crippen LogP contribution in [0.25, 0.3) is 0 Å². The Morgan fingerprint density at radius 3 is 2.45 bits per heavy atom. The predicted molar refractivity (Wildman–Crippen MR) is 84.2 cm³/mol. The highest BCUT2D eigenvalue weighted by Gasteiger charge is 2.11. The fourth-order valence-electron chi connectivity index (χ4n) is 2.18. The van der Waals surface area contributed by atoms with Gasteiger partial charge in [0.25, 0.3) is 0 Å². The van der Waals surface area contributed by atoms with E-state index in [0.29, 0.717) is 6.04 Å². The van der Waals surface area contributed by atoms with E-state index in [2.05, 4.69) is 53.4 Å². The highest BCUT2D eigenvalue weighted by atomic mass is 32.2. The lowest BCUT2D eigenvalue weighted by Crippen LogP contribution is -2.18. The summed E-state index contributed by atoms with van der Waals surface area (Å²) >= 11 is 1.63. The maximum absolute atomic E-state index is 4.51. The molecule has 4 heteroatoms. The fraction of sp³-hybridized carbons (Fsp3) is 0.375. The quantitative estimate of drug-likeness (QED) is 0.846. The molecule has 0 aliphatic carbocycles. The third-order valence-electron chi connectivity index (χ3n) is 3.06. The van der Waals surface area contributed by atoms with Gasteiger partial charge in [0.1, 0.15) is 0 Å². The number of nitrogens with zero attached hydrogens (tertiary/aromatic N) is 2. The number of hydrogen-bond donors (Lipinski definition) is 1. The summed E-state index contributed by atoms with van der Waals surface area (Å²) in [6, 6.07) is 10.8. The van der Waals surface area contributed by atoms with Crippen LogP contribution in [0.15, 0.2) is 40.4 Å². The Hall–Kier alpha value is -1.39. The molecule has 0 spiro atoms. The van der Waals surface area contributed by atoms with Crippen molar-refractivity contribution in [2.75, 3.05) is 6.54 Å². The van der Waals surface area contributed by atoms with E-state index in [1.165, 1.54) is 10.5 Å². The van der Waals surface area contributed by atoms with Crippen molar-refractivity contribution in [3.05, 3.63) is 47.3 Å². The number of hydrogen-bond acceptors (Lipinski definition) is 4. The Labute approximate surface area is 125 Å². The lowest BCUT2D eigenvalue weighted by atomic mass is 10.1. The Kier molecular flexibility index (Phi) is 5.15. The monoisotopic (exact) mass is 287 g/mol. The first kappa shape index (κ1) is 15.0. The number of nitrogens with one attached hydrogen (secondary N) is 1. The Bertz CT molecular complexity index is 563. The van der Waals surface area contributed by atoms with Crippen molar-refractivity contribution >= 4 is 11.8 Å². The molecule has 0 radical (unpaired) electrons. The molecule has 1 heterocycles. The molecule has 20 heavy (non-hydrogen) atoms. The van der Waals surface area contributed by atoms with Crippen LogP contribution in [0.4, 0.5) is 0 Å². The molecule has 2 aromatic rings. The van der Waals surface area contributed by atoms with Gasteiger partial charge in [-0.15, -0.1) is 0 Å². The number of rotatable bonds is 5. The van der Waals surface area contributed by atoms with Gasteiger partial charge in [-0.2, -0.15) is 0 Å². The summed E-state index contributed by atoms with van der Waals surface area (Å²) in [6.07, 6.45) is 0. The molecular formula is C16H21N3S. The zero-order chi connectivity index (χ0) is 14.5. The zero-order valence-electron chi connectivity index (χ0n) is 12.5. The molecule has 0 bridgehead atoms. The van der Waals surface area contributed by atoms with Crippen LogP contribution in [0.5, 0.6) is 0 Å². The maximum atomic E-state index is 4.51. The van der Waals surface area contributed by atoms with E-state index in [1.807, 2.05) is 19.9 Å². The summed E-state index contributed by atoms with van der Waals surface area (Å²) in [4.78, 5) is 10.2. The van der Waals surface area contributed by atoms with Crippen molar-refractivity contribution in [3.63, 3.8) is 0 Å². The molecule has 1 atom stereocenters. The van der Waals surface area contributed by atoms with Crippen molar-refractivity contribution in [3.8, 4) is 0 Å². The molecule has 106 valence electrons. The lowest BCUT2D eigenvalue weighted by molar-refractivity contribution is 0.590. The van der Waals surface area contributed by atoms with Crippen molar-refractivity contribution in [2.45, 2.75) is 43.8 Å². The molecule has 2 rings (SSSR count). The van der Waals surface area contributed by atoms with E-state index in [9.17, 15) is 0 Å². The van der Waals surface area contributed by atoms with Gasteiger partial charge in [0.15, 0.2) is 5.16 Å². The van der Waals surface area contributed by atoms with Crippen molar-refractivity contribution in [1.29, 1.82) is 0 Å². The minimum absolute atomic E-state index is 0.328. The molecule has 0 aliphatic rings. The summed E-state index contributed by atoms with van der Waals surface area (Å²) < 4.78 is 0. The average molecular weight is 287 g/mol. The second-order valence-electron chi connectivity index (χ2n) is 4.85. The Balaban J connectivity index is 2.29. The molecule has 1 aromatic carbocycles. The largest absolute Gasteiger partial charge is 0.310 e. The second kappa shape index (κ2) is 6.86. The van der Waals surface area contributed by atoms with E-state index < -0.39 is 0 Å². The van der Waals surface area contributed by atoms with Crippen LogP contribution in [0.2, 0.25) is 0 Å².